The van der Waals surface area contributed by atoms with Crippen molar-refractivity contribution >= 4 is 5.78 Å². The van der Waals surface area contributed by atoms with Gasteiger partial charge in [-0.25, -0.2) is 0 Å². The van der Waals surface area contributed by atoms with E-state index in [0.717, 1.165) is 18.4 Å². The molecule has 2 aliphatic carbocycles. The number of rotatable bonds is 6. The Morgan fingerprint density at radius 3 is 2.50 bits per heavy atom. The van der Waals surface area contributed by atoms with Gasteiger partial charge in [0.1, 0.15) is 5.60 Å². The predicted octanol–water partition coefficient (Wildman–Crippen LogP) is 4.57. The van der Waals surface area contributed by atoms with Gasteiger partial charge in [0, 0.05) is 11.3 Å². The third-order valence-corrected chi connectivity index (χ3v) is 7.44. The van der Waals surface area contributed by atoms with E-state index < -0.39 is 5.60 Å². The van der Waals surface area contributed by atoms with Crippen LogP contribution < -0.4 is 0 Å². The Morgan fingerprint density at radius 2 is 2.00 bits per heavy atom. The van der Waals surface area contributed by atoms with Gasteiger partial charge in [0.05, 0.1) is 0 Å². The summed E-state index contributed by atoms with van der Waals surface area (Å²) < 4.78 is 0. The minimum absolute atomic E-state index is 0.0168. The molecule has 2 saturated carbocycles. The van der Waals surface area contributed by atoms with E-state index in [-0.39, 0.29) is 22.5 Å². The molecule has 2 heteroatoms. The highest BCUT2D eigenvalue weighted by atomic mass is 16.3. The lowest BCUT2D eigenvalue weighted by Crippen LogP contribution is -2.55. The van der Waals surface area contributed by atoms with Gasteiger partial charge in [-0.1, -0.05) is 57.2 Å². The molecule has 0 radical (unpaired) electrons. The number of aliphatic hydroxyl groups is 1. The van der Waals surface area contributed by atoms with Crippen LogP contribution in [0.25, 0.3) is 0 Å². The highest BCUT2D eigenvalue weighted by molar-refractivity contribution is 5.91. The third-order valence-electron chi connectivity index (χ3n) is 7.44. The summed E-state index contributed by atoms with van der Waals surface area (Å²) in [6, 6.07) is 10.1. The van der Waals surface area contributed by atoms with Crippen molar-refractivity contribution in [3.63, 3.8) is 0 Å². The summed E-state index contributed by atoms with van der Waals surface area (Å²) in [5, 5.41) is 11.5. The Morgan fingerprint density at radius 1 is 1.33 bits per heavy atom. The third kappa shape index (κ3) is 2.30. The summed E-state index contributed by atoms with van der Waals surface area (Å²) in [4.78, 5) is 13.4. The molecule has 0 aromatic heterocycles. The zero-order valence-electron chi connectivity index (χ0n) is 15.2. The van der Waals surface area contributed by atoms with E-state index >= 15 is 0 Å². The van der Waals surface area contributed by atoms with Crippen molar-refractivity contribution in [3.05, 3.63) is 48.6 Å². The fraction of sp³-hybridized carbons (Fsp3) is 0.591. The predicted molar refractivity (Wildman–Crippen MR) is 97.6 cm³/mol. The maximum atomic E-state index is 13.4. The van der Waals surface area contributed by atoms with Crippen LogP contribution in [0.3, 0.4) is 0 Å². The van der Waals surface area contributed by atoms with Crippen molar-refractivity contribution in [3.8, 4) is 0 Å². The van der Waals surface area contributed by atoms with Crippen LogP contribution in [0.1, 0.15) is 52.0 Å². The van der Waals surface area contributed by atoms with Crippen LogP contribution in [-0.2, 0) is 11.2 Å². The number of carbonyl (C=O) groups excluding carboxylic acids is 1. The summed E-state index contributed by atoms with van der Waals surface area (Å²) in [6.45, 7) is 10.4. The number of hydrogen-bond acceptors (Lipinski definition) is 2. The SMILES string of the molecule is C=CC[C@@H](Cc1ccccc1)C(=O)[C@@]1(O)C[C@H]2CC[C@]1(C)C2(C)C. The zero-order chi connectivity index (χ0) is 17.6. The summed E-state index contributed by atoms with van der Waals surface area (Å²) in [5.74, 6) is 0.281. The average Bonchev–Trinajstić information content (AvgIpc) is 2.87. The Bertz CT molecular complexity index is 633. The van der Waals surface area contributed by atoms with Gasteiger partial charge >= 0.3 is 0 Å². The molecule has 2 bridgehead atoms. The summed E-state index contributed by atoms with van der Waals surface area (Å²) in [5.41, 5.74) is -0.350. The number of benzene rings is 1. The van der Waals surface area contributed by atoms with Crippen molar-refractivity contribution < 1.29 is 9.90 Å². The van der Waals surface area contributed by atoms with Crippen molar-refractivity contribution in [2.24, 2.45) is 22.7 Å². The minimum atomic E-state index is -1.19. The lowest BCUT2D eigenvalue weighted by molar-refractivity contribution is -0.159. The number of hydrogen-bond donors (Lipinski definition) is 1. The summed E-state index contributed by atoms with van der Waals surface area (Å²) in [6.07, 6.45) is 5.81. The molecular formula is C22H30O2. The molecule has 0 aliphatic heterocycles. The topological polar surface area (TPSA) is 37.3 Å². The van der Waals surface area contributed by atoms with E-state index in [9.17, 15) is 9.90 Å². The van der Waals surface area contributed by atoms with Gasteiger partial charge in [0.25, 0.3) is 0 Å². The van der Waals surface area contributed by atoms with Crippen molar-refractivity contribution in [2.45, 2.75) is 58.5 Å². The summed E-state index contributed by atoms with van der Waals surface area (Å²) >= 11 is 0. The van der Waals surface area contributed by atoms with E-state index in [2.05, 4.69) is 39.5 Å². The van der Waals surface area contributed by atoms with E-state index in [4.69, 9.17) is 0 Å². The van der Waals surface area contributed by atoms with Crippen LogP contribution in [0.15, 0.2) is 43.0 Å². The van der Waals surface area contributed by atoms with Gasteiger partial charge in [-0.3, -0.25) is 4.79 Å². The molecule has 1 aromatic rings. The monoisotopic (exact) mass is 326 g/mol. The van der Waals surface area contributed by atoms with Gasteiger partial charge in [0.2, 0.25) is 0 Å². The quantitative estimate of drug-likeness (QED) is 0.778. The second-order valence-corrected chi connectivity index (χ2v) is 8.63. The van der Waals surface area contributed by atoms with E-state index in [1.54, 1.807) is 0 Å². The molecule has 1 N–H and O–H groups in total. The Balaban J connectivity index is 1.89. The molecule has 0 unspecified atom stereocenters. The molecule has 2 fully saturated rings. The van der Waals surface area contributed by atoms with Crippen LogP contribution in [-0.4, -0.2) is 16.5 Å². The number of allylic oxidation sites excluding steroid dienone is 1. The highest BCUT2D eigenvalue weighted by Gasteiger charge is 2.71. The second-order valence-electron chi connectivity index (χ2n) is 8.63. The minimum Gasteiger partial charge on any atom is -0.381 e. The standard InChI is InChI=1S/C22H30O2/c1-5-9-17(14-16-10-7-6-8-11-16)19(23)22(24)15-18-12-13-21(22,4)20(18,2)3/h5-8,10-11,17-18,24H,1,9,12-15H2,2-4H3/t17-,18+,21+,22-/m0/s1. The van der Waals surface area contributed by atoms with Crippen LogP contribution in [0.4, 0.5) is 0 Å². The number of carbonyl (C=O) groups is 1. The Kier molecular flexibility index (Phi) is 4.24. The molecule has 2 nitrogen and oxygen atoms in total. The van der Waals surface area contributed by atoms with Gasteiger partial charge in [0.15, 0.2) is 5.78 Å². The van der Waals surface area contributed by atoms with E-state index in [1.807, 2.05) is 24.3 Å². The average molecular weight is 326 g/mol. The number of Topliss-reactive ketones (excluding diaryl/α,β-unsaturated/α-hetero) is 1. The maximum absolute atomic E-state index is 13.4. The van der Waals surface area contributed by atoms with Crippen LogP contribution in [0.5, 0.6) is 0 Å². The van der Waals surface area contributed by atoms with Crippen LogP contribution >= 0.6 is 0 Å². The first-order chi connectivity index (χ1) is 11.3. The second kappa shape index (κ2) is 5.84. The largest absolute Gasteiger partial charge is 0.381 e. The van der Waals surface area contributed by atoms with Gasteiger partial charge in [-0.15, -0.1) is 6.58 Å². The summed E-state index contributed by atoms with van der Waals surface area (Å²) in [7, 11) is 0. The smallest absolute Gasteiger partial charge is 0.168 e. The maximum Gasteiger partial charge on any atom is 0.168 e. The number of fused-ring (bicyclic) bond motifs is 2. The Hall–Kier alpha value is -1.41. The zero-order valence-corrected chi connectivity index (χ0v) is 15.2. The molecule has 3 rings (SSSR count). The lowest BCUT2D eigenvalue weighted by atomic mass is 9.61. The Labute approximate surface area is 146 Å². The first kappa shape index (κ1) is 17.4. The first-order valence-corrected chi connectivity index (χ1v) is 9.18. The molecule has 0 amide bonds. The fourth-order valence-corrected chi connectivity index (χ4v) is 5.37. The van der Waals surface area contributed by atoms with Gasteiger partial charge in [-0.05, 0) is 49.0 Å². The molecule has 130 valence electrons. The number of ketones is 1. The van der Waals surface area contributed by atoms with E-state index in [0.29, 0.717) is 25.2 Å². The van der Waals surface area contributed by atoms with Crippen molar-refractivity contribution in [1.29, 1.82) is 0 Å². The molecule has 2 aliphatic rings. The lowest BCUT2D eigenvalue weighted by Gasteiger charge is -2.45. The molecular weight excluding hydrogens is 296 g/mol. The van der Waals surface area contributed by atoms with Gasteiger partial charge < -0.3 is 5.11 Å². The molecule has 1 aromatic carbocycles. The normalized spacial score (nSPS) is 34.9. The molecule has 0 saturated heterocycles. The van der Waals surface area contributed by atoms with Crippen LogP contribution in [0.2, 0.25) is 0 Å². The molecule has 0 spiro atoms. The highest BCUT2D eigenvalue weighted by Crippen LogP contribution is 2.70. The van der Waals surface area contributed by atoms with Crippen molar-refractivity contribution in [1.82, 2.24) is 0 Å². The molecule has 4 atom stereocenters. The van der Waals surface area contributed by atoms with Crippen molar-refractivity contribution in [2.75, 3.05) is 0 Å². The first-order valence-electron chi connectivity index (χ1n) is 9.18. The van der Waals surface area contributed by atoms with Crippen LogP contribution in [0, 0.1) is 22.7 Å². The van der Waals surface area contributed by atoms with Gasteiger partial charge in [-0.2, -0.15) is 0 Å². The molecule has 24 heavy (non-hydrogen) atoms. The van der Waals surface area contributed by atoms with E-state index in [1.165, 1.54) is 0 Å². The fourth-order valence-electron chi connectivity index (χ4n) is 5.37. The molecule has 0 heterocycles.